The summed E-state index contributed by atoms with van der Waals surface area (Å²) in [6, 6.07) is 0. The van der Waals surface area contributed by atoms with Crippen molar-refractivity contribution in [2.45, 2.75) is 12.8 Å². The molecule has 0 atom stereocenters. The normalized spacial score (nSPS) is 19.8. The third-order valence-corrected chi connectivity index (χ3v) is 2.37. The third-order valence-electron chi connectivity index (χ3n) is 2.37. The van der Waals surface area contributed by atoms with Crippen LogP contribution >= 0.6 is 0 Å². The van der Waals surface area contributed by atoms with Gasteiger partial charge in [-0.15, -0.1) is 0 Å². The Kier molecular flexibility index (Phi) is 26.1. The van der Waals surface area contributed by atoms with Crippen LogP contribution in [0.5, 0.6) is 0 Å². The minimum Gasteiger partial charge on any atom is -1.00 e. The summed E-state index contributed by atoms with van der Waals surface area (Å²) >= 11 is 0. The van der Waals surface area contributed by atoms with Crippen molar-refractivity contribution < 1.29 is 41.6 Å². The van der Waals surface area contributed by atoms with Gasteiger partial charge in [0.2, 0.25) is 0 Å². The molecule has 0 aromatic rings. The second-order valence-corrected chi connectivity index (χ2v) is 3.71. The molecule has 0 spiro atoms. The minimum absolute atomic E-state index is 0. The zero-order chi connectivity index (χ0) is 9.90. The molecule has 1 fully saturated rings. The van der Waals surface area contributed by atoms with E-state index in [1.54, 1.807) is 0 Å². The van der Waals surface area contributed by atoms with E-state index in [4.69, 9.17) is 0 Å². The monoisotopic (exact) mass is 329 g/mol. The molecule has 1 aliphatic rings. The van der Waals surface area contributed by atoms with Crippen LogP contribution in [0.15, 0.2) is 0 Å². The van der Waals surface area contributed by atoms with Crippen molar-refractivity contribution in [3.8, 4) is 0 Å². The molecule has 0 aliphatic carbocycles. The fourth-order valence-corrected chi connectivity index (χ4v) is 1.53. The Morgan fingerprint density at radius 3 is 0.882 bits per heavy atom. The van der Waals surface area contributed by atoms with Crippen LogP contribution in [0.1, 0.15) is 12.8 Å². The van der Waals surface area contributed by atoms with Gasteiger partial charge in [-0.2, -0.15) is 0 Å². The molecule has 0 bridgehead atoms. The van der Waals surface area contributed by atoms with Crippen molar-refractivity contribution in [3.63, 3.8) is 0 Å². The first kappa shape index (κ1) is 23.1. The Bertz CT molecular complexity index is 79.6. The maximum absolute atomic E-state index is 3.42. The Hall–Kier alpha value is 0.926. The maximum atomic E-state index is 3.42. The van der Waals surface area contributed by atoms with E-state index in [9.17, 15) is 0 Å². The molecular formula is C10H24Cl2CoN4. The molecule has 17 heavy (non-hydrogen) atoms. The van der Waals surface area contributed by atoms with E-state index in [1.165, 1.54) is 12.8 Å². The van der Waals surface area contributed by atoms with E-state index < -0.39 is 0 Å². The molecule has 4 N–H and O–H groups in total. The first-order valence-corrected chi connectivity index (χ1v) is 5.83. The Morgan fingerprint density at radius 2 is 0.647 bits per heavy atom. The molecular weight excluding hydrogens is 306 g/mol. The molecule has 1 aliphatic heterocycles. The number of rotatable bonds is 0. The topological polar surface area (TPSA) is 48.1 Å². The summed E-state index contributed by atoms with van der Waals surface area (Å²) in [6.45, 7) is 8.87. The summed E-state index contributed by atoms with van der Waals surface area (Å²) in [5.41, 5.74) is 0. The average Bonchev–Trinajstić information content (AvgIpc) is 2.22. The van der Waals surface area contributed by atoms with Crippen molar-refractivity contribution in [1.82, 2.24) is 21.3 Å². The Labute approximate surface area is 128 Å². The van der Waals surface area contributed by atoms with Crippen LogP contribution in [-0.2, 0) is 16.8 Å². The predicted octanol–water partition coefficient (Wildman–Crippen LogP) is -6.86. The molecule has 1 saturated heterocycles. The van der Waals surface area contributed by atoms with Crippen molar-refractivity contribution in [1.29, 1.82) is 0 Å². The van der Waals surface area contributed by atoms with Crippen molar-refractivity contribution in [3.05, 3.63) is 0 Å². The molecule has 107 valence electrons. The molecule has 0 aromatic heterocycles. The largest absolute Gasteiger partial charge is 2.00 e. The van der Waals surface area contributed by atoms with Crippen molar-refractivity contribution in [2.75, 3.05) is 52.4 Å². The van der Waals surface area contributed by atoms with Gasteiger partial charge in [-0.25, -0.2) is 0 Å². The van der Waals surface area contributed by atoms with Gasteiger partial charge in [0.25, 0.3) is 0 Å². The van der Waals surface area contributed by atoms with E-state index in [1.807, 2.05) is 0 Å². The second kappa shape index (κ2) is 19.3. The van der Waals surface area contributed by atoms with Gasteiger partial charge < -0.3 is 46.1 Å². The number of hydrogen-bond donors (Lipinski definition) is 4. The summed E-state index contributed by atoms with van der Waals surface area (Å²) in [4.78, 5) is 0. The fourth-order valence-electron chi connectivity index (χ4n) is 1.53. The molecule has 0 unspecified atom stereocenters. The van der Waals surface area contributed by atoms with Crippen molar-refractivity contribution in [2.24, 2.45) is 0 Å². The van der Waals surface area contributed by atoms with E-state index >= 15 is 0 Å². The Morgan fingerprint density at radius 1 is 0.412 bits per heavy atom. The van der Waals surface area contributed by atoms with Gasteiger partial charge in [-0.1, -0.05) is 0 Å². The summed E-state index contributed by atoms with van der Waals surface area (Å²) < 4.78 is 0. The van der Waals surface area contributed by atoms with Crippen LogP contribution in [0.3, 0.4) is 0 Å². The first-order chi connectivity index (χ1) is 7.00. The molecule has 7 heteroatoms. The average molecular weight is 330 g/mol. The van der Waals surface area contributed by atoms with Crippen LogP contribution in [-0.4, -0.2) is 52.4 Å². The molecule has 1 radical (unpaired) electrons. The van der Waals surface area contributed by atoms with Gasteiger partial charge in [0.05, 0.1) is 0 Å². The summed E-state index contributed by atoms with van der Waals surface area (Å²) in [5, 5.41) is 13.7. The van der Waals surface area contributed by atoms with Crippen LogP contribution in [0.4, 0.5) is 0 Å². The quantitative estimate of drug-likeness (QED) is 0.357. The van der Waals surface area contributed by atoms with Gasteiger partial charge in [-0.05, 0) is 39.0 Å². The fraction of sp³-hybridized carbons (Fsp3) is 1.00. The molecule has 0 saturated carbocycles. The number of hydrogen-bond acceptors (Lipinski definition) is 4. The van der Waals surface area contributed by atoms with E-state index in [0.717, 1.165) is 52.4 Å². The van der Waals surface area contributed by atoms with Crippen LogP contribution in [0.25, 0.3) is 0 Å². The van der Waals surface area contributed by atoms with Gasteiger partial charge in [0.15, 0.2) is 0 Å². The third kappa shape index (κ3) is 16.9. The second-order valence-electron chi connectivity index (χ2n) is 3.71. The summed E-state index contributed by atoms with van der Waals surface area (Å²) in [7, 11) is 0. The molecule has 0 amide bonds. The van der Waals surface area contributed by atoms with Crippen LogP contribution < -0.4 is 46.1 Å². The smallest absolute Gasteiger partial charge is 1.00 e. The summed E-state index contributed by atoms with van der Waals surface area (Å²) in [5.74, 6) is 0. The number of nitrogens with one attached hydrogen (secondary N) is 4. The SMILES string of the molecule is C1CNCCNCCCNCCNC1.[Cl-].[Cl-].[Co+2]. The Balaban J connectivity index is -0.000000653. The van der Waals surface area contributed by atoms with E-state index in [2.05, 4.69) is 21.3 Å². The zero-order valence-electron chi connectivity index (χ0n) is 10.2. The van der Waals surface area contributed by atoms with Gasteiger partial charge >= 0.3 is 16.8 Å². The molecule has 1 heterocycles. The maximum Gasteiger partial charge on any atom is 2.00 e. The molecule has 4 nitrogen and oxygen atoms in total. The van der Waals surface area contributed by atoms with Crippen LogP contribution in [0, 0.1) is 0 Å². The van der Waals surface area contributed by atoms with Gasteiger partial charge in [0, 0.05) is 26.2 Å². The van der Waals surface area contributed by atoms with Gasteiger partial charge in [-0.3, -0.25) is 0 Å². The van der Waals surface area contributed by atoms with E-state index in [0.29, 0.717) is 0 Å². The predicted molar refractivity (Wildman–Crippen MR) is 60.7 cm³/mol. The van der Waals surface area contributed by atoms with Crippen molar-refractivity contribution >= 4 is 0 Å². The zero-order valence-corrected chi connectivity index (χ0v) is 12.7. The van der Waals surface area contributed by atoms with E-state index in [-0.39, 0.29) is 41.6 Å². The van der Waals surface area contributed by atoms with Gasteiger partial charge in [0.1, 0.15) is 0 Å². The molecule has 0 aromatic carbocycles. The summed E-state index contributed by atoms with van der Waals surface area (Å²) in [6.07, 6.45) is 2.44. The molecule has 1 rings (SSSR count). The first-order valence-electron chi connectivity index (χ1n) is 5.83. The van der Waals surface area contributed by atoms with Crippen LogP contribution in [0.2, 0.25) is 0 Å². The standard InChI is InChI=1S/C10H24N4.2ClH.Co/c1-3-11-7-9-13-5-2-6-14-10-8-12-4-1;;;/h11-14H,1-10H2;2*1H;/q;;;+2/p-2. The number of halogens is 2. The minimum atomic E-state index is 0.